The van der Waals surface area contributed by atoms with Gasteiger partial charge in [-0.25, -0.2) is 4.79 Å². The Morgan fingerprint density at radius 2 is 2.00 bits per heavy atom. The topological polar surface area (TPSA) is 69.6 Å². The van der Waals surface area contributed by atoms with E-state index in [2.05, 4.69) is 11.9 Å². The first kappa shape index (κ1) is 16.5. The summed E-state index contributed by atoms with van der Waals surface area (Å²) in [7, 11) is 0. The largest absolute Gasteiger partial charge is 0.481 e. The molecular weight excluding hydrogens is 256 g/mol. The molecule has 1 saturated carbocycles. The van der Waals surface area contributed by atoms with Gasteiger partial charge in [0.05, 0.1) is 5.92 Å². The second-order valence-electron chi connectivity index (χ2n) is 5.67. The minimum absolute atomic E-state index is 0.0575. The molecule has 5 heteroatoms. The number of hydrogen-bond acceptors (Lipinski definition) is 2. The number of urea groups is 1. The lowest BCUT2D eigenvalue weighted by Gasteiger charge is -2.30. The van der Waals surface area contributed by atoms with E-state index < -0.39 is 11.9 Å². The van der Waals surface area contributed by atoms with Crippen LogP contribution in [0, 0.1) is 5.92 Å². The number of carboxylic acids is 1. The molecule has 1 fully saturated rings. The normalized spacial score (nSPS) is 22.9. The molecule has 5 nitrogen and oxygen atoms in total. The molecule has 114 valence electrons. The molecular formula is C15H26N2O3. The van der Waals surface area contributed by atoms with E-state index in [4.69, 9.17) is 0 Å². The summed E-state index contributed by atoms with van der Waals surface area (Å²) in [5, 5.41) is 12.2. The van der Waals surface area contributed by atoms with Gasteiger partial charge in [-0.1, -0.05) is 25.3 Å². The lowest BCUT2D eigenvalue weighted by atomic mass is 9.95. The van der Waals surface area contributed by atoms with Crippen molar-refractivity contribution in [1.29, 1.82) is 0 Å². The third kappa shape index (κ3) is 4.54. The summed E-state index contributed by atoms with van der Waals surface area (Å²) in [5.41, 5.74) is 0. The number of carbonyl (C=O) groups excluding carboxylic acids is 1. The highest BCUT2D eigenvalue weighted by Crippen LogP contribution is 2.24. The quantitative estimate of drug-likeness (QED) is 0.601. The summed E-state index contributed by atoms with van der Waals surface area (Å²) in [6, 6.07) is -0.409. The Labute approximate surface area is 121 Å². The van der Waals surface area contributed by atoms with Crippen molar-refractivity contribution in [2.75, 3.05) is 6.54 Å². The van der Waals surface area contributed by atoms with Gasteiger partial charge in [-0.15, -0.1) is 6.58 Å². The monoisotopic (exact) mass is 282 g/mol. The molecule has 1 aliphatic rings. The number of amides is 2. The standard InChI is InChI=1S/C15H26N2O3/c1-4-10-17(11(2)3)15(20)16-13-9-7-5-6-8-12(13)14(18)19/h4,11-13H,1,5-10H2,2-3H3,(H,16,20)(H,18,19). The lowest BCUT2D eigenvalue weighted by molar-refractivity contribution is -0.142. The van der Waals surface area contributed by atoms with Gasteiger partial charge < -0.3 is 15.3 Å². The molecule has 1 aliphatic carbocycles. The highest BCUT2D eigenvalue weighted by atomic mass is 16.4. The van der Waals surface area contributed by atoms with Crippen molar-refractivity contribution in [2.45, 2.75) is 58.0 Å². The van der Waals surface area contributed by atoms with Gasteiger partial charge in [0.25, 0.3) is 0 Å². The highest BCUT2D eigenvalue weighted by molar-refractivity contribution is 5.77. The van der Waals surface area contributed by atoms with Crippen LogP contribution in [0.15, 0.2) is 12.7 Å². The molecule has 0 aromatic heterocycles. The predicted octanol–water partition coefficient (Wildman–Crippen LogP) is 2.63. The van der Waals surface area contributed by atoms with Crippen LogP contribution in [-0.2, 0) is 4.79 Å². The van der Waals surface area contributed by atoms with Crippen LogP contribution in [-0.4, -0.2) is 40.6 Å². The molecule has 0 aromatic carbocycles. The Hall–Kier alpha value is -1.52. The number of nitrogens with one attached hydrogen (secondary N) is 1. The van der Waals surface area contributed by atoms with Crippen LogP contribution in [0.25, 0.3) is 0 Å². The predicted molar refractivity (Wildman–Crippen MR) is 78.6 cm³/mol. The van der Waals surface area contributed by atoms with Crippen molar-refractivity contribution >= 4 is 12.0 Å². The summed E-state index contributed by atoms with van der Waals surface area (Å²) in [5.74, 6) is -1.28. The van der Waals surface area contributed by atoms with E-state index in [1.165, 1.54) is 0 Å². The Bertz CT molecular complexity index is 355. The summed E-state index contributed by atoms with van der Waals surface area (Å²) >= 11 is 0. The first-order valence-electron chi connectivity index (χ1n) is 7.38. The molecule has 2 atom stereocenters. The molecule has 2 unspecified atom stereocenters. The number of rotatable bonds is 5. The van der Waals surface area contributed by atoms with Gasteiger partial charge in [-0.2, -0.15) is 0 Å². The minimum Gasteiger partial charge on any atom is -0.481 e. The molecule has 20 heavy (non-hydrogen) atoms. The summed E-state index contributed by atoms with van der Waals surface area (Å²) in [4.78, 5) is 25.3. The minimum atomic E-state index is -0.808. The Morgan fingerprint density at radius 1 is 1.35 bits per heavy atom. The Balaban J connectivity index is 2.73. The average Bonchev–Trinajstić information content (AvgIpc) is 2.60. The average molecular weight is 282 g/mol. The molecule has 0 heterocycles. The van der Waals surface area contributed by atoms with Crippen LogP contribution in [0.5, 0.6) is 0 Å². The van der Waals surface area contributed by atoms with E-state index >= 15 is 0 Å². The maximum atomic E-state index is 12.3. The second-order valence-corrected chi connectivity index (χ2v) is 5.67. The van der Waals surface area contributed by atoms with Crippen LogP contribution in [0.1, 0.15) is 46.0 Å². The van der Waals surface area contributed by atoms with Crippen molar-refractivity contribution in [3.63, 3.8) is 0 Å². The van der Waals surface area contributed by atoms with Crippen molar-refractivity contribution < 1.29 is 14.7 Å². The van der Waals surface area contributed by atoms with Crippen LogP contribution in [0.2, 0.25) is 0 Å². The second kappa shape index (κ2) is 7.92. The number of hydrogen-bond donors (Lipinski definition) is 2. The van der Waals surface area contributed by atoms with Crippen LogP contribution < -0.4 is 5.32 Å². The van der Waals surface area contributed by atoms with Crippen LogP contribution >= 0.6 is 0 Å². The number of aliphatic carboxylic acids is 1. The van der Waals surface area contributed by atoms with Crippen molar-refractivity contribution in [3.05, 3.63) is 12.7 Å². The van der Waals surface area contributed by atoms with Crippen molar-refractivity contribution in [2.24, 2.45) is 5.92 Å². The summed E-state index contributed by atoms with van der Waals surface area (Å²) in [6.07, 6.45) is 5.99. The van der Waals surface area contributed by atoms with Crippen LogP contribution in [0.4, 0.5) is 4.79 Å². The van der Waals surface area contributed by atoms with E-state index in [1.54, 1.807) is 11.0 Å². The van der Waals surface area contributed by atoms with E-state index in [9.17, 15) is 14.7 Å². The van der Waals surface area contributed by atoms with E-state index in [0.29, 0.717) is 13.0 Å². The van der Waals surface area contributed by atoms with E-state index in [-0.39, 0.29) is 18.1 Å². The molecule has 0 bridgehead atoms. The SMILES string of the molecule is C=CCN(C(=O)NC1CCCCCC1C(=O)O)C(C)C. The van der Waals surface area contributed by atoms with E-state index in [0.717, 1.165) is 25.7 Å². The van der Waals surface area contributed by atoms with Crippen molar-refractivity contribution in [1.82, 2.24) is 10.2 Å². The van der Waals surface area contributed by atoms with Gasteiger partial charge >= 0.3 is 12.0 Å². The zero-order chi connectivity index (χ0) is 15.1. The van der Waals surface area contributed by atoms with Crippen molar-refractivity contribution in [3.8, 4) is 0 Å². The summed E-state index contributed by atoms with van der Waals surface area (Å²) in [6.45, 7) is 7.99. The molecule has 0 aliphatic heterocycles. The molecule has 0 spiro atoms. The first-order valence-corrected chi connectivity index (χ1v) is 7.38. The van der Waals surface area contributed by atoms with Gasteiger partial charge in [-0.05, 0) is 26.7 Å². The molecule has 2 amide bonds. The van der Waals surface area contributed by atoms with Gasteiger partial charge in [0, 0.05) is 18.6 Å². The number of carbonyl (C=O) groups is 2. The number of nitrogens with zero attached hydrogens (tertiary/aromatic N) is 1. The zero-order valence-corrected chi connectivity index (χ0v) is 12.5. The Morgan fingerprint density at radius 3 is 2.55 bits per heavy atom. The summed E-state index contributed by atoms with van der Waals surface area (Å²) < 4.78 is 0. The fourth-order valence-electron chi connectivity index (χ4n) is 2.68. The highest BCUT2D eigenvalue weighted by Gasteiger charge is 2.31. The van der Waals surface area contributed by atoms with E-state index in [1.807, 2.05) is 13.8 Å². The lowest BCUT2D eigenvalue weighted by Crippen LogP contribution is -2.50. The van der Waals surface area contributed by atoms with Gasteiger partial charge in [-0.3, -0.25) is 4.79 Å². The fourth-order valence-corrected chi connectivity index (χ4v) is 2.68. The third-order valence-electron chi connectivity index (χ3n) is 3.85. The van der Waals surface area contributed by atoms with Gasteiger partial charge in [0.2, 0.25) is 0 Å². The molecule has 2 N–H and O–H groups in total. The number of carboxylic acid groups (broad SMARTS) is 1. The third-order valence-corrected chi connectivity index (χ3v) is 3.85. The molecule has 0 radical (unpaired) electrons. The Kier molecular flexibility index (Phi) is 6.55. The van der Waals surface area contributed by atoms with Gasteiger partial charge in [0.15, 0.2) is 0 Å². The molecule has 1 rings (SSSR count). The van der Waals surface area contributed by atoms with Gasteiger partial charge in [0.1, 0.15) is 0 Å². The van der Waals surface area contributed by atoms with Crippen LogP contribution in [0.3, 0.4) is 0 Å². The fraction of sp³-hybridized carbons (Fsp3) is 0.733. The maximum Gasteiger partial charge on any atom is 0.318 e. The first-order chi connectivity index (χ1) is 9.47. The zero-order valence-electron chi connectivity index (χ0n) is 12.5. The smallest absolute Gasteiger partial charge is 0.318 e. The molecule has 0 saturated heterocycles. The molecule has 0 aromatic rings. The maximum absolute atomic E-state index is 12.3.